The van der Waals surface area contributed by atoms with Crippen molar-refractivity contribution in [3.05, 3.63) is 0 Å². The molecule has 0 saturated carbocycles. The van der Waals surface area contributed by atoms with Crippen molar-refractivity contribution in [1.82, 2.24) is 0 Å². The van der Waals surface area contributed by atoms with Crippen LogP contribution in [0.15, 0.2) is 0 Å². The topological polar surface area (TPSA) is 46.5 Å². The Morgan fingerprint density at radius 3 is 2.00 bits per heavy atom. The van der Waals surface area contributed by atoms with E-state index < -0.39 is 0 Å². The van der Waals surface area contributed by atoms with Crippen molar-refractivity contribution >= 4 is 5.97 Å². The lowest BCUT2D eigenvalue weighted by Gasteiger charge is -2.15. The van der Waals surface area contributed by atoms with Crippen molar-refractivity contribution in [3.63, 3.8) is 0 Å². The van der Waals surface area contributed by atoms with E-state index in [9.17, 15) is 4.79 Å². The van der Waals surface area contributed by atoms with Gasteiger partial charge in [0.25, 0.3) is 0 Å². The number of aliphatic hydroxyl groups is 1. The van der Waals surface area contributed by atoms with Crippen LogP contribution in [0, 0.1) is 5.92 Å². The number of hydrogen-bond donors (Lipinski definition) is 1. The average molecular weight is 329 g/mol. The maximum atomic E-state index is 12.2. The van der Waals surface area contributed by atoms with Crippen molar-refractivity contribution in [2.75, 3.05) is 13.2 Å². The molecular formula is C20H40O3. The number of rotatable bonds is 17. The second-order valence-electron chi connectivity index (χ2n) is 6.70. The van der Waals surface area contributed by atoms with Crippen LogP contribution in [0.25, 0.3) is 0 Å². The van der Waals surface area contributed by atoms with E-state index in [0.29, 0.717) is 13.2 Å². The van der Waals surface area contributed by atoms with Gasteiger partial charge in [0.05, 0.1) is 12.5 Å². The summed E-state index contributed by atoms with van der Waals surface area (Å²) >= 11 is 0. The van der Waals surface area contributed by atoms with E-state index in [0.717, 1.165) is 57.8 Å². The maximum Gasteiger partial charge on any atom is 0.308 e. The quantitative estimate of drug-likeness (QED) is 0.278. The molecule has 0 rings (SSSR count). The molecule has 0 amide bonds. The van der Waals surface area contributed by atoms with Crippen molar-refractivity contribution < 1.29 is 14.6 Å². The molecule has 0 aromatic carbocycles. The van der Waals surface area contributed by atoms with E-state index in [-0.39, 0.29) is 11.9 Å². The van der Waals surface area contributed by atoms with Gasteiger partial charge in [-0.2, -0.15) is 0 Å². The number of carbonyl (C=O) groups is 1. The lowest BCUT2D eigenvalue weighted by Crippen LogP contribution is -2.18. The summed E-state index contributed by atoms with van der Waals surface area (Å²) in [7, 11) is 0. The monoisotopic (exact) mass is 328 g/mol. The van der Waals surface area contributed by atoms with Gasteiger partial charge in [0.1, 0.15) is 0 Å². The first-order valence-corrected chi connectivity index (χ1v) is 10.0. The summed E-state index contributed by atoms with van der Waals surface area (Å²) in [6.45, 7) is 5.27. The third-order valence-corrected chi connectivity index (χ3v) is 4.44. The van der Waals surface area contributed by atoms with Crippen LogP contribution in [-0.2, 0) is 9.53 Å². The van der Waals surface area contributed by atoms with E-state index >= 15 is 0 Å². The van der Waals surface area contributed by atoms with E-state index in [1.807, 2.05) is 0 Å². The van der Waals surface area contributed by atoms with Crippen LogP contribution in [0.1, 0.15) is 104 Å². The Bertz CT molecular complexity index is 253. The minimum absolute atomic E-state index is 0.0372. The van der Waals surface area contributed by atoms with Crippen molar-refractivity contribution in [2.45, 2.75) is 104 Å². The summed E-state index contributed by atoms with van der Waals surface area (Å²) in [5.74, 6) is 0.159. The van der Waals surface area contributed by atoms with Crippen molar-refractivity contribution in [2.24, 2.45) is 5.92 Å². The first kappa shape index (κ1) is 22.4. The Morgan fingerprint density at radius 2 is 1.35 bits per heavy atom. The Kier molecular flexibility index (Phi) is 17.3. The number of esters is 1. The van der Waals surface area contributed by atoms with Crippen LogP contribution in [-0.4, -0.2) is 24.3 Å². The molecule has 1 N–H and O–H groups in total. The molecular weight excluding hydrogens is 288 g/mol. The third-order valence-electron chi connectivity index (χ3n) is 4.44. The van der Waals surface area contributed by atoms with Gasteiger partial charge in [0.2, 0.25) is 0 Å². The van der Waals surface area contributed by atoms with Gasteiger partial charge in [-0.15, -0.1) is 0 Å². The lowest BCUT2D eigenvalue weighted by atomic mass is 9.95. The van der Waals surface area contributed by atoms with Gasteiger partial charge < -0.3 is 9.84 Å². The van der Waals surface area contributed by atoms with Gasteiger partial charge in [0, 0.05) is 6.61 Å². The number of aliphatic hydroxyl groups excluding tert-OH is 1. The normalized spacial score (nSPS) is 12.3. The highest BCUT2D eigenvalue weighted by molar-refractivity contribution is 5.72. The number of ether oxygens (including phenoxy) is 1. The van der Waals surface area contributed by atoms with Crippen LogP contribution in [0.3, 0.4) is 0 Å². The summed E-state index contributed by atoms with van der Waals surface area (Å²) in [4.78, 5) is 12.2. The van der Waals surface area contributed by atoms with Gasteiger partial charge in [-0.25, -0.2) is 0 Å². The summed E-state index contributed by atoms with van der Waals surface area (Å²) in [5, 5.41) is 8.72. The van der Waals surface area contributed by atoms with Crippen LogP contribution in [0.5, 0.6) is 0 Å². The molecule has 0 aliphatic rings. The minimum atomic E-state index is 0.0372. The summed E-state index contributed by atoms with van der Waals surface area (Å²) in [5.41, 5.74) is 0. The highest BCUT2D eigenvalue weighted by Crippen LogP contribution is 2.19. The highest BCUT2D eigenvalue weighted by atomic mass is 16.5. The predicted octanol–water partition coefficient (Wildman–Crippen LogP) is 5.64. The van der Waals surface area contributed by atoms with Crippen LogP contribution in [0.4, 0.5) is 0 Å². The standard InChI is InChI=1S/C20H40O3/c1-3-5-7-12-16-19(15-6-4-2)20(22)23-18-14-11-9-8-10-13-17-21/h19,21H,3-18H2,1-2H3. The molecule has 0 bridgehead atoms. The highest BCUT2D eigenvalue weighted by Gasteiger charge is 2.18. The molecule has 0 aromatic rings. The van der Waals surface area contributed by atoms with Crippen LogP contribution in [0.2, 0.25) is 0 Å². The van der Waals surface area contributed by atoms with Crippen molar-refractivity contribution in [3.8, 4) is 0 Å². The molecule has 23 heavy (non-hydrogen) atoms. The Balaban J connectivity index is 3.76. The molecule has 0 saturated heterocycles. The molecule has 3 heteroatoms. The van der Waals surface area contributed by atoms with Gasteiger partial charge >= 0.3 is 5.97 Å². The molecule has 0 aliphatic heterocycles. The zero-order valence-electron chi connectivity index (χ0n) is 15.7. The van der Waals surface area contributed by atoms with Gasteiger partial charge in [-0.3, -0.25) is 4.79 Å². The second kappa shape index (κ2) is 17.8. The Morgan fingerprint density at radius 1 is 0.783 bits per heavy atom. The molecule has 138 valence electrons. The molecule has 0 spiro atoms. The fraction of sp³-hybridized carbons (Fsp3) is 0.950. The Labute approximate surface area is 144 Å². The molecule has 0 fully saturated rings. The van der Waals surface area contributed by atoms with E-state index in [4.69, 9.17) is 9.84 Å². The largest absolute Gasteiger partial charge is 0.465 e. The predicted molar refractivity (Wildman–Crippen MR) is 97.5 cm³/mol. The van der Waals surface area contributed by atoms with Crippen LogP contribution >= 0.6 is 0 Å². The molecule has 0 heterocycles. The Hall–Kier alpha value is -0.570. The molecule has 1 unspecified atom stereocenters. The SMILES string of the molecule is CCCCCCC(CCCC)C(=O)OCCCCCCCCO. The maximum absolute atomic E-state index is 12.2. The molecule has 1 atom stereocenters. The van der Waals surface area contributed by atoms with E-state index in [2.05, 4.69) is 13.8 Å². The first-order valence-electron chi connectivity index (χ1n) is 10.0. The smallest absolute Gasteiger partial charge is 0.308 e. The zero-order chi connectivity index (χ0) is 17.2. The summed E-state index contributed by atoms with van der Waals surface area (Å²) in [6, 6.07) is 0. The van der Waals surface area contributed by atoms with Gasteiger partial charge in [-0.05, 0) is 25.7 Å². The average Bonchev–Trinajstić information content (AvgIpc) is 2.56. The van der Waals surface area contributed by atoms with Gasteiger partial charge in [-0.1, -0.05) is 78.1 Å². The van der Waals surface area contributed by atoms with Gasteiger partial charge in [0.15, 0.2) is 0 Å². The third kappa shape index (κ3) is 14.7. The van der Waals surface area contributed by atoms with Crippen molar-refractivity contribution in [1.29, 1.82) is 0 Å². The number of carbonyl (C=O) groups excluding carboxylic acids is 1. The lowest BCUT2D eigenvalue weighted by molar-refractivity contribution is -0.149. The number of hydrogen-bond acceptors (Lipinski definition) is 3. The molecule has 0 radical (unpaired) electrons. The molecule has 0 aromatic heterocycles. The fourth-order valence-corrected chi connectivity index (χ4v) is 2.86. The molecule has 0 aliphatic carbocycles. The second-order valence-corrected chi connectivity index (χ2v) is 6.70. The fourth-order valence-electron chi connectivity index (χ4n) is 2.86. The minimum Gasteiger partial charge on any atom is -0.465 e. The molecule has 3 nitrogen and oxygen atoms in total. The number of unbranched alkanes of at least 4 members (excludes halogenated alkanes) is 9. The van der Waals surface area contributed by atoms with E-state index in [1.165, 1.54) is 32.1 Å². The summed E-state index contributed by atoms with van der Waals surface area (Å²) < 4.78 is 5.51. The first-order chi connectivity index (χ1) is 11.3. The van der Waals surface area contributed by atoms with Crippen LogP contribution < -0.4 is 0 Å². The van der Waals surface area contributed by atoms with E-state index in [1.54, 1.807) is 0 Å². The summed E-state index contributed by atoms with van der Waals surface area (Å²) in [6.07, 6.45) is 15.6. The zero-order valence-corrected chi connectivity index (χ0v) is 15.7.